The molecule has 0 amide bonds. The van der Waals surface area contributed by atoms with Crippen molar-refractivity contribution >= 4 is 0 Å². The number of piperidine rings is 1. The molecule has 0 bridgehead atoms. The number of hydrogen-bond donors (Lipinski definition) is 0. The van der Waals surface area contributed by atoms with Gasteiger partial charge in [-0.15, -0.1) is 0 Å². The Hall–Kier alpha value is -1.02. The topological polar surface area (TPSA) is 12.5 Å². The molecule has 0 spiro atoms. The van der Waals surface area contributed by atoms with E-state index in [4.69, 9.17) is 4.74 Å². The van der Waals surface area contributed by atoms with Crippen molar-refractivity contribution in [3.8, 4) is 5.75 Å². The lowest BCUT2D eigenvalue weighted by molar-refractivity contribution is 0.139. The highest BCUT2D eigenvalue weighted by molar-refractivity contribution is 5.27. The number of ether oxygens (including phenoxy) is 1. The summed E-state index contributed by atoms with van der Waals surface area (Å²) in [5.74, 6) is 1.76. The molecule has 1 unspecified atom stereocenters. The molecule has 1 aromatic rings. The van der Waals surface area contributed by atoms with E-state index < -0.39 is 0 Å². The van der Waals surface area contributed by atoms with E-state index in [1.165, 1.54) is 37.9 Å². The molecule has 2 rings (SSSR count). The Morgan fingerprint density at radius 3 is 2.61 bits per heavy atom. The Labute approximate surface area is 111 Å². The second-order valence-corrected chi connectivity index (χ2v) is 5.65. The average Bonchev–Trinajstić information content (AvgIpc) is 2.40. The zero-order valence-corrected chi connectivity index (χ0v) is 11.9. The minimum atomic E-state index is 0.684. The lowest BCUT2D eigenvalue weighted by atomic mass is 9.91. The van der Waals surface area contributed by atoms with Gasteiger partial charge in [0, 0.05) is 12.6 Å². The summed E-state index contributed by atoms with van der Waals surface area (Å²) in [6.07, 6.45) is 3.92. The van der Waals surface area contributed by atoms with Crippen molar-refractivity contribution in [2.45, 2.75) is 39.2 Å². The molecular formula is C16H25NO. The standard InChI is InChI=1S/C16H25NO/c1-13(2)17-10-4-5-15(12-17)11-14-6-8-16(18-3)9-7-14/h6-9,13,15H,4-5,10-12H2,1-3H3. The predicted molar refractivity (Wildman–Crippen MR) is 76.1 cm³/mol. The van der Waals surface area contributed by atoms with Crippen molar-refractivity contribution in [1.82, 2.24) is 4.90 Å². The highest BCUT2D eigenvalue weighted by Gasteiger charge is 2.21. The first-order valence-corrected chi connectivity index (χ1v) is 7.06. The lowest BCUT2D eigenvalue weighted by Crippen LogP contribution is -2.40. The maximum absolute atomic E-state index is 5.20. The van der Waals surface area contributed by atoms with Gasteiger partial charge >= 0.3 is 0 Å². The Balaban J connectivity index is 1.91. The molecular weight excluding hydrogens is 222 g/mol. The van der Waals surface area contributed by atoms with Crippen LogP contribution < -0.4 is 4.74 Å². The van der Waals surface area contributed by atoms with Crippen LogP contribution in [0.15, 0.2) is 24.3 Å². The Bertz CT molecular complexity index is 358. The fraction of sp³-hybridized carbons (Fsp3) is 0.625. The van der Waals surface area contributed by atoms with Crippen molar-refractivity contribution < 1.29 is 4.74 Å². The summed E-state index contributed by atoms with van der Waals surface area (Å²) in [7, 11) is 1.72. The zero-order valence-electron chi connectivity index (χ0n) is 11.9. The SMILES string of the molecule is COc1ccc(CC2CCCN(C(C)C)C2)cc1. The minimum Gasteiger partial charge on any atom is -0.497 e. The van der Waals surface area contributed by atoms with Crippen molar-refractivity contribution in [2.24, 2.45) is 5.92 Å². The van der Waals surface area contributed by atoms with Gasteiger partial charge in [-0.25, -0.2) is 0 Å². The number of rotatable bonds is 4. The summed E-state index contributed by atoms with van der Waals surface area (Å²) < 4.78 is 5.20. The Morgan fingerprint density at radius 1 is 1.28 bits per heavy atom. The van der Waals surface area contributed by atoms with Gasteiger partial charge in [0.1, 0.15) is 5.75 Å². The van der Waals surface area contributed by atoms with Gasteiger partial charge in [-0.2, -0.15) is 0 Å². The molecule has 0 aromatic heterocycles. The second-order valence-electron chi connectivity index (χ2n) is 5.65. The third kappa shape index (κ3) is 3.49. The summed E-state index contributed by atoms with van der Waals surface area (Å²) >= 11 is 0. The molecule has 0 N–H and O–H groups in total. The molecule has 1 aliphatic heterocycles. The number of methoxy groups -OCH3 is 1. The van der Waals surface area contributed by atoms with E-state index in [1.54, 1.807) is 7.11 Å². The molecule has 100 valence electrons. The molecule has 1 heterocycles. The van der Waals surface area contributed by atoms with Gasteiger partial charge in [-0.05, 0) is 63.3 Å². The number of benzene rings is 1. The molecule has 0 saturated carbocycles. The van der Waals surface area contributed by atoms with Crippen LogP contribution in [0.5, 0.6) is 5.75 Å². The Morgan fingerprint density at radius 2 is 2.00 bits per heavy atom. The van der Waals surface area contributed by atoms with Crippen LogP contribution in [0.25, 0.3) is 0 Å². The van der Waals surface area contributed by atoms with E-state index in [1.807, 2.05) is 0 Å². The van der Waals surface area contributed by atoms with Crippen LogP contribution in [0.2, 0.25) is 0 Å². The van der Waals surface area contributed by atoms with E-state index in [0.29, 0.717) is 6.04 Å². The van der Waals surface area contributed by atoms with Gasteiger partial charge in [0.2, 0.25) is 0 Å². The maximum Gasteiger partial charge on any atom is 0.118 e. The lowest BCUT2D eigenvalue weighted by Gasteiger charge is -2.35. The minimum absolute atomic E-state index is 0.684. The van der Waals surface area contributed by atoms with E-state index in [0.717, 1.165) is 11.7 Å². The molecule has 1 atom stereocenters. The van der Waals surface area contributed by atoms with Gasteiger partial charge < -0.3 is 9.64 Å². The summed E-state index contributed by atoms with van der Waals surface area (Å²) in [5.41, 5.74) is 1.44. The molecule has 1 saturated heterocycles. The highest BCUT2D eigenvalue weighted by atomic mass is 16.5. The molecule has 0 aliphatic carbocycles. The molecule has 2 heteroatoms. The van der Waals surface area contributed by atoms with Crippen LogP contribution in [0, 0.1) is 5.92 Å². The molecule has 0 radical (unpaired) electrons. The normalized spacial score (nSPS) is 21.2. The number of hydrogen-bond acceptors (Lipinski definition) is 2. The van der Waals surface area contributed by atoms with Crippen LogP contribution >= 0.6 is 0 Å². The van der Waals surface area contributed by atoms with E-state index in [-0.39, 0.29) is 0 Å². The van der Waals surface area contributed by atoms with Crippen molar-refractivity contribution in [2.75, 3.05) is 20.2 Å². The third-order valence-corrected chi connectivity index (χ3v) is 3.96. The van der Waals surface area contributed by atoms with Crippen LogP contribution in [0.4, 0.5) is 0 Å². The summed E-state index contributed by atoms with van der Waals surface area (Å²) in [6.45, 7) is 7.13. The molecule has 1 aromatic carbocycles. The average molecular weight is 247 g/mol. The van der Waals surface area contributed by atoms with Gasteiger partial charge in [0.15, 0.2) is 0 Å². The quantitative estimate of drug-likeness (QED) is 0.809. The van der Waals surface area contributed by atoms with Crippen LogP contribution in [0.3, 0.4) is 0 Å². The third-order valence-electron chi connectivity index (χ3n) is 3.96. The number of likely N-dealkylation sites (tertiary alicyclic amines) is 1. The first kappa shape index (κ1) is 13.4. The number of nitrogens with zero attached hydrogens (tertiary/aromatic N) is 1. The first-order valence-electron chi connectivity index (χ1n) is 7.06. The van der Waals surface area contributed by atoms with Crippen molar-refractivity contribution in [3.05, 3.63) is 29.8 Å². The predicted octanol–water partition coefficient (Wildman–Crippen LogP) is 3.36. The van der Waals surface area contributed by atoms with Crippen LogP contribution in [-0.4, -0.2) is 31.1 Å². The largest absolute Gasteiger partial charge is 0.497 e. The fourth-order valence-electron chi connectivity index (χ4n) is 2.83. The van der Waals surface area contributed by atoms with Crippen LogP contribution in [-0.2, 0) is 6.42 Å². The first-order chi connectivity index (χ1) is 8.69. The summed E-state index contributed by atoms with van der Waals surface area (Å²) in [5, 5.41) is 0. The molecule has 1 aliphatic rings. The van der Waals surface area contributed by atoms with E-state index >= 15 is 0 Å². The van der Waals surface area contributed by atoms with Gasteiger partial charge in [-0.1, -0.05) is 12.1 Å². The second kappa shape index (κ2) is 6.24. The summed E-state index contributed by atoms with van der Waals surface area (Å²) in [4.78, 5) is 2.61. The fourth-order valence-corrected chi connectivity index (χ4v) is 2.83. The maximum atomic E-state index is 5.20. The summed E-state index contributed by atoms with van der Waals surface area (Å²) in [6, 6.07) is 9.22. The zero-order chi connectivity index (χ0) is 13.0. The van der Waals surface area contributed by atoms with Crippen molar-refractivity contribution in [1.29, 1.82) is 0 Å². The van der Waals surface area contributed by atoms with Gasteiger partial charge in [-0.3, -0.25) is 0 Å². The van der Waals surface area contributed by atoms with Crippen molar-refractivity contribution in [3.63, 3.8) is 0 Å². The van der Waals surface area contributed by atoms with Gasteiger partial charge in [0.25, 0.3) is 0 Å². The van der Waals surface area contributed by atoms with E-state index in [2.05, 4.69) is 43.0 Å². The van der Waals surface area contributed by atoms with Crippen LogP contribution in [0.1, 0.15) is 32.3 Å². The molecule has 18 heavy (non-hydrogen) atoms. The van der Waals surface area contributed by atoms with Gasteiger partial charge in [0.05, 0.1) is 7.11 Å². The molecule has 2 nitrogen and oxygen atoms in total. The monoisotopic (exact) mass is 247 g/mol. The molecule has 1 fully saturated rings. The highest BCUT2D eigenvalue weighted by Crippen LogP contribution is 2.23. The smallest absolute Gasteiger partial charge is 0.118 e. The van der Waals surface area contributed by atoms with E-state index in [9.17, 15) is 0 Å². The Kier molecular flexibility index (Phi) is 4.65.